The van der Waals surface area contributed by atoms with Crippen molar-refractivity contribution in [3.05, 3.63) is 98.5 Å². The van der Waals surface area contributed by atoms with Crippen molar-refractivity contribution in [3.8, 4) is 0 Å². The van der Waals surface area contributed by atoms with Crippen LogP contribution in [0.1, 0.15) is 16.7 Å². The van der Waals surface area contributed by atoms with Crippen molar-refractivity contribution in [2.24, 2.45) is 0 Å². The molecule has 168 valence electrons. The third-order valence-electron chi connectivity index (χ3n) is 4.72. The van der Waals surface area contributed by atoms with Crippen molar-refractivity contribution >= 4 is 50.7 Å². The van der Waals surface area contributed by atoms with Crippen molar-refractivity contribution < 1.29 is 13.2 Å². The fourth-order valence-corrected chi connectivity index (χ4v) is 5.07. The molecule has 0 saturated heterocycles. The molecule has 0 aromatic heterocycles. The summed E-state index contributed by atoms with van der Waals surface area (Å²) in [6.45, 7) is 1.64. The van der Waals surface area contributed by atoms with Gasteiger partial charge >= 0.3 is 0 Å². The quantitative estimate of drug-likeness (QED) is 0.436. The standard InChI is InChI=1S/C23H21Cl3N2O3S/c1-16-5-9-21(10-6-16)32(30,31)28(14-17-3-2-4-19(24)11-17)15-23(29)27-13-18-7-8-20(25)12-22(18)26/h2-12H,13-15H2,1H3,(H,27,29). The highest BCUT2D eigenvalue weighted by Crippen LogP contribution is 2.22. The van der Waals surface area contributed by atoms with Crippen LogP contribution in [0.25, 0.3) is 0 Å². The molecule has 32 heavy (non-hydrogen) atoms. The number of nitrogens with zero attached hydrogens (tertiary/aromatic N) is 1. The Labute approximate surface area is 203 Å². The highest BCUT2D eigenvalue weighted by Gasteiger charge is 2.27. The number of aryl methyl sites for hydroxylation is 1. The van der Waals surface area contributed by atoms with Gasteiger partial charge in [-0.3, -0.25) is 4.79 Å². The fraction of sp³-hybridized carbons (Fsp3) is 0.174. The second kappa shape index (κ2) is 10.7. The van der Waals surface area contributed by atoms with Gasteiger partial charge in [0, 0.05) is 28.2 Å². The SMILES string of the molecule is Cc1ccc(S(=O)(=O)N(CC(=O)NCc2ccc(Cl)cc2Cl)Cc2cccc(Cl)c2)cc1. The van der Waals surface area contributed by atoms with Crippen molar-refractivity contribution in [1.82, 2.24) is 9.62 Å². The van der Waals surface area contributed by atoms with E-state index < -0.39 is 15.9 Å². The molecule has 1 N–H and O–H groups in total. The van der Waals surface area contributed by atoms with Crippen LogP contribution in [-0.2, 0) is 27.9 Å². The Morgan fingerprint density at radius 1 is 0.938 bits per heavy atom. The van der Waals surface area contributed by atoms with Gasteiger partial charge in [-0.1, -0.05) is 70.7 Å². The largest absolute Gasteiger partial charge is 0.351 e. The normalized spacial score (nSPS) is 11.5. The van der Waals surface area contributed by atoms with E-state index in [1.807, 2.05) is 6.92 Å². The van der Waals surface area contributed by atoms with Crippen LogP contribution in [0, 0.1) is 6.92 Å². The lowest BCUT2D eigenvalue weighted by atomic mass is 10.2. The average molecular weight is 512 g/mol. The molecule has 1 amide bonds. The predicted octanol–water partition coefficient (Wildman–Crippen LogP) is 5.46. The number of sulfonamides is 1. The average Bonchev–Trinajstić information content (AvgIpc) is 2.73. The van der Waals surface area contributed by atoms with Crippen LogP contribution in [-0.4, -0.2) is 25.2 Å². The maximum atomic E-state index is 13.3. The molecule has 3 aromatic rings. The molecule has 0 bridgehead atoms. The number of hydrogen-bond acceptors (Lipinski definition) is 3. The number of amides is 1. The van der Waals surface area contributed by atoms with Gasteiger partial charge in [0.15, 0.2) is 0 Å². The molecule has 0 saturated carbocycles. The number of carbonyl (C=O) groups is 1. The summed E-state index contributed by atoms with van der Waals surface area (Å²) in [5.74, 6) is -0.464. The number of halogens is 3. The van der Waals surface area contributed by atoms with Crippen molar-refractivity contribution in [1.29, 1.82) is 0 Å². The van der Waals surface area contributed by atoms with E-state index in [-0.39, 0.29) is 24.5 Å². The first-order chi connectivity index (χ1) is 15.1. The molecule has 0 atom stereocenters. The number of benzene rings is 3. The number of hydrogen-bond donors (Lipinski definition) is 1. The smallest absolute Gasteiger partial charge is 0.243 e. The Morgan fingerprint density at radius 2 is 1.62 bits per heavy atom. The first-order valence-electron chi connectivity index (χ1n) is 9.67. The lowest BCUT2D eigenvalue weighted by Gasteiger charge is -2.22. The molecular weight excluding hydrogens is 491 g/mol. The van der Waals surface area contributed by atoms with Gasteiger partial charge in [-0.2, -0.15) is 4.31 Å². The minimum atomic E-state index is -3.93. The summed E-state index contributed by atoms with van der Waals surface area (Å²) in [7, 11) is -3.93. The van der Waals surface area contributed by atoms with Crippen LogP contribution in [0.4, 0.5) is 0 Å². The molecule has 9 heteroatoms. The third-order valence-corrected chi connectivity index (χ3v) is 7.35. The minimum Gasteiger partial charge on any atom is -0.351 e. The molecule has 0 aliphatic heterocycles. The highest BCUT2D eigenvalue weighted by atomic mass is 35.5. The maximum Gasteiger partial charge on any atom is 0.243 e. The van der Waals surface area contributed by atoms with Crippen LogP contribution in [0.3, 0.4) is 0 Å². The number of nitrogens with one attached hydrogen (secondary N) is 1. The Kier molecular flexibility index (Phi) is 8.20. The Balaban J connectivity index is 1.81. The lowest BCUT2D eigenvalue weighted by molar-refractivity contribution is -0.121. The maximum absolute atomic E-state index is 13.3. The first kappa shape index (κ1) is 24.6. The second-order valence-corrected chi connectivity index (χ2v) is 10.4. The van der Waals surface area contributed by atoms with E-state index in [4.69, 9.17) is 34.8 Å². The summed E-state index contributed by atoms with van der Waals surface area (Å²) >= 11 is 18.1. The molecule has 0 fully saturated rings. The summed E-state index contributed by atoms with van der Waals surface area (Å²) in [4.78, 5) is 12.8. The van der Waals surface area contributed by atoms with Gasteiger partial charge < -0.3 is 5.32 Å². The Hall–Kier alpha value is -2.09. The first-order valence-corrected chi connectivity index (χ1v) is 12.2. The van der Waals surface area contributed by atoms with Crippen LogP contribution in [0.2, 0.25) is 15.1 Å². The predicted molar refractivity (Wildman–Crippen MR) is 129 cm³/mol. The lowest BCUT2D eigenvalue weighted by Crippen LogP contribution is -2.40. The van der Waals surface area contributed by atoms with Crippen molar-refractivity contribution in [2.75, 3.05) is 6.54 Å². The van der Waals surface area contributed by atoms with Crippen LogP contribution in [0.5, 0.6) is 0 Å². The van der Waals surface area contributed by atoms with Gasteiger partial charge in [0.1, 0.15) is 0 Å². The number of carbonyl (C=O) groups excluding carboxylic acids is 1. The molecule has 0 spiro atoms. The topological polar surface area (TPSA) is 66.5 Å². The fourth-order valence-electron chi connectivity index (χ4n) is 3.00. The van der Waals surface area contributed by atoms with E-state index >= 15 is 0 Å². The molecule has 0 radical (unpaired) electrons. The van der Waals surface area contributed by atoms with E-state index in [2.05, 4.69) is 5.32 Å². The van der Waals surface area contributed by atoms with E-state index in [0.717, 1.165) is 9.87 Å². The molecule has 0 aliphatic carbocycles. The minimum absolute atomic E-state index is 0.00804. The monoisotopic (exact) mass is 510 g/mol. The summed E-state index contributed by atoms with van der Waals surface area (Å²) < 4.78 is 27.7. The summed E-state index contributed by atoms with van der Waals surface area (Å²) in [5.41, 5.74) is 2.27. The van der Waals surface area contributed by atoms with Gasteiger partial charge in [0.25, 0.3) is 0 Å². The van der Waals surface area contributed by atoms with Crippen LogP contribution < -0.4 is 5.32 Å². The van der Waals surface area contributed by atoms with Gasteiger partial charge in [-0.25, -0.2) is 8.42 Å². The van der Waals surface area contributed by atoms with Crippen LogP contribution in [0.15, 0.2) is 71.6 Å². The summed E-state index contributed by atoms with van der Waals surface area (Å²) in [6.07, 6.45) is 0. The molecular formula is C23H21Cl3N2O3S. The Morgan fingerprint density at radius 3 is 2.28 bits per heavy atom. The summed E-state index contributed by atoms with van der Waals surface area (Å²) in [6, 6.07) is 18.3. The van der Waals surface area contributed by atoms with Gasteiger partial charge in [-0.15, -0.1) is 0 Å². The van der Waals surface area contributed by atoms with Gasteiger partial charge in [0.05, 0.1) is 11.4 Å². The van der Waals surface area contributed by atoms with Crippen molar-refractivity contribution in [2.45, 2.75) is 24.9 Å². The van der Waals surface area contributed by atoms with Crippen molar-refractivity contribution in [3.63, 3.8) is 0 Å². The van der Waals surface area contributed by atoms with Crippen LogP contribution >= 0.6 is 34.8 Å². The third kappa shape index (κ3) is 6.47. The summed E-state index contributed by atoms with van der Waals surface area (Å²) in [5, 5.41) is 4.11. The zero-order chi connectivity index (χ0) is 23.3. The molecule has 3 aromatic carbocycles. The van der Waals surface area contributed by atoms with E-state index in [1.54, 1.807) is 54.6 Å². The Bertz CT molecular complexity index is 1220. The number of rotatable bonds is 8. The zero-order valence-corrected chi connectivity index (χ0v) is 20.3. The highest BCUT2D eigenvalue weighted by molar-refractivity contribution is 7.89. The van der Waals surface area contributed by atoms with E-state index in [0.29, 0.717) is 26.2 Å². The molecule has 0 aliphatic rings. The van der Waals surface area contributed by atoms with Gasteiger partial charge in [-0.05, 0) is 54.4 Å². The van der Waals surface area contributed by atoms with E-state index in [9.17, 15) is 13.2 Å². The van der Waals surface area contributed by atoms with Gasteiger partial charge in [0.2, 0.25) is 15.9 Å². The molecule has 0 unspecified atom stereocenters. The van der Waals surface area contributed by atoms with E-state index in [1.165, 1.54) is 12.1 Å². The molecule has 0 heterocycles. The zero-order valence-electron chi connectivity index (χ0n) is 17.2. The molecule has 3 rings (SSSR count). The second-order valence-electron chi connectivity index (χ2n) is 7.23. The molecule has 5 nitrogen and oxygen atoms in total.